The fraction of sp³-hybridized carbons (Fsp3) is 0.829. The lowest BCUT2D eigenvalue weighted by Gasteiger charge is -2.27. The Kier molecular flexibility index (Phi) is 34.7. The van der Waals surface area contributed by atoms with Crippen molar-refractivity contribution >= 4 is 5.91 Å². The largest absolute Gasteiger partial charge is 0.394 e. The van der Waals surface area contributed by atoms with E-state index in [1.807, 2.05) is 0 Å². The van der Waals surface area contributed by atoms with E-state index in [9.17, 15) is 25.2 Å². The van der Waals surface area contributed by atoms with Gasteiger partial charge < -0.3 is 25.7 Å². The Balaban J connectivity index is 3.85. The summed E-state index contributed by atoms with van der Waals surface area (Å²) >= 11 is 0. The number of hydrogen-bond donors (Lipinski definition) is 5. The van der Waals surface area contributed by atoms with E-state index in [2.05, 4.69) is 55.6 Å². The van der Waals surface area contributed by atoms with E-state index in [0.29, 0.717) is 19.3 Å². The molecule has 0 aromatic carbocycles. The normalized spacial score (nSPS) is 14.8. The molecule has 5 N–H and O–H groups in total. The van der Waals surface area contributed by atoms with Crippen LogP contribution in [0.1, 0.15) is 187 Å². The summed E-state index contributed by atoms with van der Waals surface area (Å²) in [5.41, 5.74) is 0. The molecule has 0 aliphatic carbocycles. The molecule has 0 saturated heterocycles. The average Bonchev–Trinajstić information content (AvgIpc) is 3.07. The van der Waals surface area contributed by atoms with E-state index in [1.54, 1.807) is 0 Å². The molecule has 0 rings (SSSR count). The maximum absolute atomic E-state index is 12.5. The Bertz CT molecular complexity index is 752. The predicted octanol–water partition coefficient (Wildman–Crippen LogP) is 9.79. The van der Waals surface area contributed by atoms with Gasteiger partial charge in [-0.15, -0.1) is 0 Å². The van der Waals surface area contributed by atoms with Crippen LogP contribution < -0.4 is 5.32 Å². The van der Waals surface area contributed by atoms with Gasteiger partial charge in [-0.2, -0.15) is 0 Å². The first-order chi connectivity index (χ1) is 23.0. The highest BCUT2D eigenvalue weighted by atomic mass is 16.3. The topological polar surface area (TPSA) is 110 Å². The van der Waals surface area contributed by atoms with Crippen molar-refractivity contribution in [1.29, 1.82) is 0 Å². The standard InChI is InChI=1S/C41H77NO5/c1-3-5-7-9-11-13-15-17-18-19-20-21-23-25-27-29-31-33-35-39(45)41(47)42-37(36-43)40(46)38(44)34-32-30-28-26-24-22-16-14-12-10-8-6-4-2/h14,16,19-20,26,28,37-40,43-46H,3-13,15,17-18,21-25,27,29-36H2,1-2H3,(H,42,47)/b16-14+,20-19-,28-26+. The van der Waals surface area contributed by atoms with Crippen molar-refractivity contribution in [3.63, 3.8) is 0 Å². The molecule has 0 radical (unpaired) electrons. The smallest absolute Gasteiger partial charge is 0.249 e. The van der Waals surface area contributed by atoms with Gasteiger partial charge in [-0.1, -0.05) is 147 Å². The molecule has 0 saturated carbocycles. The van der Waals surface area contributed by atoms with Gasteiger partial charge in [-0.25, -0.2) is 0 Å². The highest BCUT2D eigenvalue weighted by Gasteiger charge is 2.28. The summed E-state index contributed by atoms with van der Waals surface area (Å²) in [7, 11) is 0. The quantitative estimate of drug-likeness (QED) is 0.0343. The molecule has 0 bridgehead atoms. The van der Waals surface area contributed by atoms with Gasteiger partial charge in [0.05, 0.1) is 18.8 Å². The van der Waals surface area contributed by atoms with Crippen LogP contribution >= 0.6 is 0 Å². The van der Waals surface area contributed by atoms with E-state index in [4.69, 9.17) is 0 Å². The van der Waals surface area contributed by atoms with Gasteiger partial charge in [0.25, 0.3) is 0 Å². The second-order valence-electron chi connectivity index (χ2n) is 13.6. The lowest BCUT2D eigenvalue weighted by Crippen LogP contribution is -2.53. The monoisotopic (exact) mass is 664 g/mol. The van der Waals surface area contributed by atoms with E-state index in [1.165, 1.54) is 96.3 Å². The summed E-state index contributed by atoms with van der Waals surface area (Å²) in [6, 6.07) is -1.01. The number of hydrogen-bond acceptors (Lipinski definition) is 5. The summed E-state index contributed by atoms with van der Waals surface area (Å²) in [5, 5.41) is 43.4. The van der Waals surface area contributed by atoms with Crippen LogP contribution in [0.2, 0.25) is 0 Å². The van der Waals surface area contributed by atoms with Gasteiger partial charge in [0.1, 0.15) is 12.2 Å². The molecule has 4 unspecified atom stereocenters. The summed E-state index contributed by atoms with van der Waals surface area (Å²) in [6.45, 7) is 3.99. The molecule has 4 atom stereocenters. The highest BCUT2D eigenvalue weighted by molar-refractivity contribution is 5.80. The molecule has 0 aliphatic heterocycles. The van der Waals surface area contributed by atoms with E-state index in [0.717, 1.165) is 57.8 Å². The van der Waals surface area contributed by atoms with Crippen molar-refractivity contribution in [2.24, 2.45) is 0 Å². The van der Waals surface area contributed by atoms with Crippen LogP contribution in [0.4, 0.5) is 0 Å². The maximum Gasteiger partial charge on any atom is 0.249 e. The molecule has 0 spiro atoms. The van der Waals surface area contributed by atoms with Crippen molar-refractivity contribution < 1.29 is 25.2 Å². The Morgan fingerprint density at radius 2 is 0.894 bits per heavy atom. The van der Waals surface area contributed by atoms with Crippen molar-refractivity contribution in [2.75, 3.05) is 6.61 Å². The first kappa shape index (κ1) is 45.5. The molecule has 6 heteroatoms. The Labute approximate surface area is 290 Å². The molecule has 6 nitrogen and oxygen atoms in total. The molecule has 0 aliphatic rings. The number of carbonyl (C=O) groups is 1. The van der Waals surface area contributed by atoms with Crippen LogP contribution in [-0.2, 0) is 4.79 Å². The fourth-order valence-electron chi connectivity index (χ4n) is 5.82. The van der Waals surface area contributed by atoms with Crippen molar-refractivity contribution in [3.05, 3.63) is 36.5 Å². The van der Waals surface area contributed by atoms with Crippen LogP contribution in [0.3, 0.4) is 0 Å². The first-order valence-electron chi connectivity index (χ1n) is 19.9. The Morgan fingerprint density at radius 3 is 1.36 bits per heavy atom. The van der Waals surface area contributed by atoms with E-state index < -0.39 is 36.9 Å². The molecule has 276 valence electrons. The number of nitrogens with one attached hydrogen (secondary N) is 1. The van der Waals surface area contributed by atoms with Gasteiger partial charge >= 0.3 is 0 Å². The summed E-state index contributed by atoms with van der Waals surface area (Å²) in [6.07, 6.45) is 40.2. The van der Waals surface area contributed by atoms with Crippen molar-refractivity contribution in [2.45, 2.75) is 212 Å². The van der Waals surface area contributed by atoms with Crippen LogP contribution in [0.25, 0.3) is 0 Å². The van der Waals surface area contributed by atoms with Gasteiger partial charge in [0.15, 0.2) is 0 Å². The van der Waals surface area contributed by atoms with Crippen LogP contribution in [0.15, 0.2) is 36.5 Å². The molecular weight excluding hydrogens is 586 g/mol. The summed E-state index contributed by atoms with van der Waals surface area (Å²) in [4.78, 5) is 12.5. The minimum atomic E-state index is -1.29. The van der Waals surface area contributed by atoms with E-state index >= 15 is 0 Å². The SMILES string of the molecule is CCCCCC/C=C/CC/C=C/CCCC(O)C(O)C(CO)NC(=O)C(O)CCCCCCCC/C=C\CCCCCCCCCC. The predicted molar refractivity (Wildman–Crippen MR) is 200 cm³/mol. The van der Waals surface area contributed by atoms with Crippen LogP contribution in [0.5, 0.6) is 0 Å². The zero-order valence-corrected chi connectivity index (χ0v) is 30.8. The van der Waals surface area contributed by atoms with Gasteiger partial charge in [-0.05, 0) is 77.0 Å². The molecule has 47 heavy (non-hydrogen) atoms. The minimum absolute atomic E-state index is 0.352. The molecule has 0 aromatic rings. The zero-order valence-electron chi connectivity index (χ0n) is 30.8. The third-order valence-electron chi connectivity index (χ3n) is 9.05. The first-order valence-corrected chi connectivity index (χ1v) is 19.9. The third-order valence-corrected chi connectivity index (χ3v) is 9.05. The number of rotatable bonds is 35. The number of aliphatic hydroxyl groups excluding tert-OH is 4. The lowest BCUT2D eigenvalue weighted by atomic mass is 10.00. The fourth-order valence-corrected chi connectivity index (χ4v) is 5.82. The van der Waals surface area contributed by atoms with Crippen molar-refractivity contribution in [3.8, 4) is 0 Å². The molecule has 0 fully saturated rings. The minimum Gasteiger partial charge on any atom is -0.394 e. The Morgan fingerprint density at radius 1 is 0.511 bits per heavy atom. The second-order valence-corrected chi connectivity index (χ2v) is 13.6. The second kappa shape index (κ2) is 35.8. The molecule has 0 aromatic heterocycles. The number of aliphatic hydroxyl groups is 4. The lowest BCUT2D eigenvalue weighted by molar-refractivity contribution is -0.132. The van der Waals surface area contributed by atoms with Gasteiger partial charge in [0.2, 0.25) is 5.91 Å². The van der Waals surface area contributed by atoms with Crippen LogP contribution in [-0.4, -0.2) is 57.3 Å². The van der Waals surface area contributed by atoms with Gasteiger partial charge in [-0.3, -0.25) is 4.79 Å². The zero-order chi connectivity index (χ0) is 34.6. The van der Waals surface area contributed by atoms with Crippen LogP contribution in [0, 0.1) is 0 Å². The maximum atomic E-state index is 12.5. The number of unbranched alkanes of at least 4 members (excludes halogenated alkanes) is 20. The summed E-state index contributed by atoms with van der Waals surface area (Å²) in [5.74, 6) is -0.605. The average molecular weight is 664 g/mol. The number of allylic oxidation sites excluding steroid dienone is 6. The van der Waals surface area contributed by atoms with Gasteiger partial charge in [0, 0.05) is 0 Å². The molecule has 1 amide bonds. The van der Waals surface area contributed by atoms with E-state index in [-0.39, 0.29) is 0 Å². The van der Waals surface area contributed by atoms with Crippen molar-refractivity contribution in [1.82, 2.24) is 5.32 Å². The summed E-state index contributed by atoms with van der Waals surface area (Å²) < 4.78 is 0. The number of amides is 1. The Hall–Kier alpha value is -1.47. The molecular formula is C41H77NO5. The highest BCUT2D eigenvalue weighted by Crippen LogP contribution is 2.14. The molecule has 0 heterocycles. The number of carbonyl (C=O) groups excluding carboxylic acids is 1. The third kappa shape index (κ3) is 30.3.